The molecule has 0 radical (unpaired) electrons. The molecule has 2 unspecified atom stereocenters. The molecule has 0 aliphatic carbocycles. The van der Waals surface area contributed by atoms with Gasteiger partial charge in [0.15, 0.2) is 10.8 Å². The van der Waals surface area contributed by atoms with E-state index in [0.29, 0.717) is 78.4 Å². The second kappa shape index (κ2) is 20.9. The first-order chi connectivity index (χ1) is 36.6. The minimum atomic E-state index is -0.767. The average molecular weight is 1040 g/mol. The number of nitrogens with zero attached hydrogens (tertiary/aromatic N) is 6. The van der Waals surface area contributed by atoms with Gasteiger partial charge in [-0.25, -0.2) is 14.8 Å². The Kier molecular flexibility index (Phi) is 13.9. The normalized spacial score (nSPS) is 19.6. The molecule has 0 spiro atoms. The third-order valence-electron chi connectivity index (χ3n) is 15.0. The molecule has 2 bridgehead atoms. The Bertz CT molecular complexity index is 3390. The molecule has 0 saturated carbocycles. The number of anilines is 3. The molecule has 4 amide bonds. The van der Waals surface area contributed by atoms with Gasteiger partial charge in [-0.2, -0.15) is 5.10 Å². The zero-order chi connectivity index (χ0) is 52.8. The van der Waals surface area contributed by atoms with Crippen molar-refractivity contribution in [3.05, 3.63) is 125 Å². The lowest BCUT2D eigenvalue weighted by Gasteiger charge is -2.38. The fourth-order valence-corrected chi connectivity index (χ4v) is 12.3. The minimum absolute atomic E-state index is 0.0318. The number of benzene rings is 4. The van der Waals surface area contributed by atoms with E-state index in [0.717, 1.165) is 69.1 Å². The van der Waals surface area contributed by atoms with Gasteiger partial charge in [-0.1, -0.05) is 59.9 Å². The molecule has 18 heteroatoms. The van der Waals surface area contributed by atoms with Crippen molar-refractivity contribution < 1.29 is 38.2 Å². The molecule has 4 aliphatic heterocycles. The maximum atomic E-state index is 14.1. The van der Waals surface area contributed by atoms with Gasteiger partial charge in [-0.3, -0.25) is 39.4 Å². The van der Waals surface area contributed by atoms with Gasteiger partial charge < -0.3 is 24.4 Å². The SMILES string of the molecule is Cc1c(OCCOC2C[C@H]3CC[C@@H](C2)N3CC(=O)Nc2cccc3c(C4CCC(=O)NC4=O)nn(C)c23)cccc1-c1ccc(N2CCc3cccc(C(=O)Nc4nc5ccccc5s4)c3C2)nc1C(=O)OC(C)(C)C. The second-order valence-corrected chi connectivity index (χ2v) is 22.2. The van der Waals surface area contributed by atoms with Gasteiger partial charge in [0.05, 0.1) is 52.3 Å². The number of aromatic nitrogens is 4. The number of pyridine rings is 1. The molecule has 11 rings (SSSR count). The van der Waals surface area contributed by atoms with Crippen molar-refractivity contribution in [3.63, 3.8) is 0 Å². The monoisotopic (exact) mass is 1040 g/mol. The third kappa shape index (κ3) is 10.4. The summed E-state index contributed by atoms with van der Waals surface area (Å²) in [6, 6.07) is 29.3. The number of thiazole rings is 1. The Morgan fingerprint density at radius 1 is 0.842 bits per heavy atom. The van der Waals surface area contributed by atoms with E-state index in [4.69, 9.17) is 19.2 Å². The average Bonchev–Trinajstić information content (AvgIpc) is 4.06. The first-order valence-corrected chi connectivity index (χ1v) is 26.9. The molecule has 392 valence electrons. The van der Waals surface area contributed by atoms with Gasteiger partial charge in [0.1, 0.15) is 23.8 Å². The second-order valence-electron chi connectivity index (χ2n) is 21.2. The summed E-state index contributed by atoms with van der Waals surface area (Å²) in [6.07, 6.45) is 4.98. The van der Waals surface area contributed by atoms with Crippen LogP contribution in [0.4, 0.5) is 16.6 Å². The fraction of sp³-hybridized carbons (Fsp3) is 0.379. The number of carbonyl (C=O) groups excluding carboxylic acids is 5. The number of fused-ring (bicyclic) bond motifs is 5. The van der Waals surface area contributed by atoms with Gasteiger partial charge in [0.2, 0.25) is 17.7 Å². The predicted octanol–water partition coefficient (Wildman–Crippen LogP) is 8.87. The Labute approximate surface area is 444 Å². The van der Waals surface area contributed by atoms with Crippen LogP contribution in [0.3, 0.4) is 0 Å². The Balaban J connectivity index is 0.721. The van der Waals surface area contributed by atoms with E-state index in [2.05, 4.69) is 41.9 Å². The van der Waals surface area contributed by atoms with Crippen molar-refractivity contribution in [1.29, 1.82) is 0 Å². The van der Waals surface area contributed by atoms with Crippen molar-refractivity contribution in [2.24, 2.45) is 7.05 Å². The number of imide groups is 1. The highest BCUT2D eigenvalue weighted by molar-refractivity contribution is 7.22. The van der Waals surface area contributed by atoms with Crippen molar-refractivity contribution in [2.75, 3.05) is 41.8 Å². The van der Waals surface area contributed by atoms with E-state index >= 15 is 0 Å². The number of piperidine rings is 2. The van der Waals surface area contributed by atoms with E-state index < -0.39 is 17.5 Å². The fourth-order valence-electron chi connectivity index (χ4n) is 11.5. The zero-order valence-corrected chi connectivity index (χ0v) is 44.1. The summed E-state index contributed by atoms with van der Waals surface area (Å²) in [7, 11) is 1.80. The highest BCUT2D eigenvalue weighted by Crippen LogP contribution is 2.39. The molecular formula is C58H61N9O8S. The van der Waals surface area contributed by atoms with Crippen LogP contribution in [0.15, 0.2) is 91.0 Å². The molecule has 3 aromatic heterocycles. The van der Waals surface area contributed by atoms with Gasteiger partial charge in [0, 0.05) is 55.2 Å². The molecule has 4 atom stereocenters. The Hall–Kier alpha value is -7.54. The van der Waals surface area contributed by atoms with Gasteiger partial charge >= 0.3 is 5.97 Å². The largest absolute Gasteiger partial charge is 0.491 e. The number of rotatable bonds is 14. The summed E-state index contributed by atoms with van der Waals surface area (Å²) in [5.74, 6) is -0.777. The van der Waals surface area contributed by atoms with E-state index in [1.165, 1.54) is 11.3 Å². The quantitative estimate of drug-likeness (QED) is 0.0531. The van der Waals surface area contributed by atoms with Crippen LogP contribution in [0.2, 0.25) is 0 Å². The van der Waals surface area contributed by atoms with Crippen LogP contribution in [0.1, 0.15) is 108 Å². The summed E-state index contributed by atoms with van der Waals surface area (Å²) in [6.45, 7) is 9.50. The first kappa shape index (κ1) is 50.6. The molecule has 17 nitrogen and oxygen atoms in total. The molecule has 4 aliphatic rings. The predicted molar refractivity (Wildman–Crippen MR) is 291 cm³/mol. The van der Waals surface area contributed by atoms with Gasteiger partial charge in [-0.05, 0) is 131 Å². The lowest BCUT2D eigenvalue weighted by Crippen LogP contribution is -2.48. The smallest absolute Gasteiger partial charge is 0.358 e. The third-order valence-corrected chi connectivity index (χ3v) is 16.0. The summed E-state index contributed by atoms with van der Waals surface area (Å²) in [5.41, 5.74) is 7.03. The number of para-hydroxylation sites is 2. The lowest BCUT2D eigenvalue weighted by molar-refractivity contribution is -0.134. The molecule has 3 saturated heterocycles. The number of amides is 4. The number of aryl methyl sites for hydroxylation is 1. The van der Waals surface area contributed by atoms with Crippen molar-refractivity contribution in [3.8, 4) is 16.9 Å². The summed E-state index contributed by atoms with van der Waals surface area (Å²) < 4.78 is 21.5. The molecular weight excluding hydrogens is 983 g/mol. The molecule has 7 aromatic rings. The zero-order valence-electron chi connectivity index (χ0n) is 43.3. The minimum Gasteiger partial charge on any atom is -0.491 e. The van der Waals surface area contributed by atoms with Crippen LogP contribution < -0.4 is 25.6 Å². The van der Waals surface area contributed by atoms with Crippen LogP contribution in [0.25, 0.3) is 32.2 Å². The van der Waals surface area contributed by atoms with E-state index in [1.807, 2.05) is 113 Å². The summed E-state index contributed by atoms with van der Waals surface area (Å²) in [5, 5.41) is 14.6. The number of ether oxygens (including phenoxy) is 3. The topological polar surface area (TPSA) is 199 Å². The van der Waals surface area contributed by atoms with Crippen molar-refractivity contribution >= 4 is 78.7 Å². The summed E-state index contributed by atoms with van der Waals surface area (Å²) >= 11 is 1.44. The number of nitrogens with one attached hydrogen (secondary N) is 3. The molecule has 3 N–H and O–H groups in total. The van der Waals surface area contributed by atoms with Crippen molar-refractivity contribution in [2.45, 2.75) is 109 Å². The Morgan fingerprint density at radius 3 is 2.42 bits per heavy atom. The molecule has 4 aromatic carbocycles. The maximum absolute atomic E-state index is 14.1. The number of hydrogen-bond donors (Lipinski definition) is 3. The number of esters is 1. The van der Waals surface area contributed by atoms with Crippen LogP contribution >= 0.6 is 11.3 Å². The standard InChI is InChI=1S/C58H61N9O8S/c1-33-38(39-21-23-48(61-52(39)56(72)75-58(2,3)4)66-26-25-34-11-8-13-40(43(34)31-66)54(70)63-57-60-44-15-6-7-18-47(44)76-57)12-10-17-46(33)74-28-27-73-37-29-35-19-20-36(30-37)67(35)32-50(69)59-45-16-9-14-41-51(64-65(5)53(41)45)42-22-24-49(68)62-55(42)71/h6-18,21,23,35-37,42H,19-20,22,24-32H2,1-5H3,(H,59,69)(H,60,63,70)(H,62,68,71)/t35-,36+,37?,42?. The molecule has 7 heterocycles. The Morgan fingerprint density at radius 2 is 1.63 bits per heavy atom. The number of hydrogen-bond acceptors (Lipinski definition) is 14. The highest BCUT2D eigenvalue weighted by atomic mass is 32.1. The van der Waals surface area contributed by atoms with Crippen LogP contribution in [0, 0.1) is 6.92 Å². The maximum Gasteiger partial charge on any atom is 0.358 e. The molecule has 76 heavy (non-hydrogen) atoms. The highest BCUT2D eigenvalue weighted by Gasteiger charge is 2.42. The van der Waals surface area contributed by atoms with Crippen molar-refractivity contribution in [1.82, 2.24) is 30.0 Å². The van der Waals surface area contributed by atoms with Crippen LogP contribution in [-0.2, 0) is 43.9 Å². The van der Waals surface area contributed by atoms with Crippen LogP contribution in [0.5, 0.6) is 5.75 Å². The lowest BCUT2D eigenvalue weighted by atomic mass is 9.92. The first-order valence-electron chi connectivity index (χ1n) is 26.1. The summed E-state index contributed by atoms with van der Waals surface area (Å²) in [4.78, 5) is 80.1. The van der Waals surface area contributed by atoms with Gasteiger partial charge in [0.25, 0.3) is 5.91 Å². The van der Waals surface area contributed by atoms with E-state index in [1.54, 1.807) is 11.7 Å². The molecule has 3 fully saturated rings. The number of carbonyl (C=O) groups is 5. The van der Waals surface area contributed by atoms with E-state index in [9.17, 15) is 24.0 Å². The van der Waals surface area contributed by atoms with Gasteiger partial charge in [-0.15, -0.1) is 0 Å². The van der Waals surface area contributed by atoms with E-state index in [-0.39, 0.29) is 60.5 Å². The van der Waals surface area contributed by atoms with Crippen LogP contribution in [-0.4, -0.2) is 104 Å².